The molecule has 0 saturated carbocycles. The Labute approximate surface area is 176 Å². The normalized spacial score (nSPS) is 11.7. The lowest BCUT2D eigenvalue weighted by Crippen LogP contribution is -2.27. The van der Waals surface area contributed by atoms with Crippen molar-refractivity contribution in [2.45, 2.75) is 26.6 Å². The van der Waals surface area contributed by atoms with Crippen molar-refractivity contribution in [1.82, 2.24) is 0 Å². The Morgan fingerprint density at radius 3 is 1.07 bits per heavy atom. The summed E-state index contributed by atoms with van der Waals surface area (Å²) in [7, 11) is -1.44. The molecule has 0 radical (unpaired) electrons. The van der Waals surface area contributed by atoms with Crippen molar-refractivity contribution in [3.05, 3.63) is 0 Å². The maximum absolute atomic E-state index is 10.5. The molecule has 0 aromatic rings. The van der Waals surface area contributed by atoms with Crippen LogP contribution in [-0.4, -0.2) is 107 Å². The Morgan fingerprint density at radius 2 is 0.793 bits per heavy atom. The zero-order chi connectivity index (χ0) is 21.6. The van der Waals surface area contributed by atoms with Gasteiger partial charge >= 0.3 is 5.97 Å². The highest BCUT2D eigenvalue weighted by Crippen LogP contribution is 2.01. The molecular weight excluding hydrogens is 400 g/mol. The molecule has 0 rings (SSSR count). The van der Waals surface area contributed by atoms with Gasteiger partial charge in [0.25, 0.3) is 0 Å². The lowest BCUT2D eigenvalue weighted by molar-refractivity contribution is -0.142. The van der Waals surface area contributed by atoms with Crippen molar-refractivity contribution in [2.75, 3.05) is 92.5 Å². The average Bonchev–Trinajstić information content (AvgIpc) is 2.64. The van der Waals surface area contributed by atoms with E-state index in [1.807, 2.05) is 0 Å². The van der Waals surface area contributed by atoms with E-state index in [1.54, 1.807) is 0 Å². The minimum absolute atomic E-state index is 0.269. The highest BCUT2D eigenvalue weighted by molar-refractivity contribution is 6.69. The molecule has 0 amide bonds. The van der Waals surface area contributed by atoms with E-state index in [0.29, 0.717) is 85.9 Å². The second-order valence-corrected chi connectivity index (χ2v) is 11.5. The SMILES string of the molecule is CC(=O)OCCOCCOCCOCCOCCOCCOCCO[Si](C)(C)C. The highest BCUT2D eigenvalue weighted by atomic mass is 28.4. The fourth-order valence-corrected chi connectivity index (χ4v) is 2.55. The zero-order valence-corrected chi connectivity index (χ0v) is 19.6. The number of hydrogen-bond donors (Lipinski definition) is 0. The molecular formula is C19H40O9Si. The monoisotopic (exact) mass is 440 g/mol. The number of hydrogen-bond acceptors (Lipinski definition) is 9. The molecule has 29 heavy (non-hydrogen) atoms. The Hall–Kier alpha value is -0.593. The van der Waals surface area contributed by atoms with Crippen molar-refractivity contribution >= 4 is 14.3 Å². The summed E-state index contributed by atoms with van der Waals surface area (Å²) in [4.78, 5) is 10.5. The van der Waals surface area contributed by atoms with Crippen LogP contribution in [0.4, 0.5) is 0 Å². The number of ether oxygens (including phenoxy) is 7. The molecule has 10 heteroatoms. The van der Waals surface area contributed by atoms with Gasteiger partial charge in [0.2, 0.25) is 0 Å². The van der Waals surface area contributed by atoms with Crippen molar-refractivity contribution in [2.24, 2.45) is 0 Å². The van der Waals surface area contributed by atoms with Gasteiger partial charge in [0.15, 0.2) is 8.32 Å². The minimum atomic E-state index is -1.44. The second kappa shape index (κ2) is 20.7. The highest BCUT2D eigenvalue weighted by Gasteiger charge is 2.12. The van der Waals surface area contributed by atoms with E-state index >= 15 is 0 Å². The van der Waals surface area contributed by atoms with Crippen molar-refractivity contribution in [3.8, 4) is 0 Å². The zero-order valence-electron chi connectivity index (χ0n) is 18.6. The van der Waals surface area contributed by atoms with Crippen molar-refractivity contribution < 1.29 is 42.4 Å². The van der Waals surface area contributed by atoms with Crippen LogP contribution >= 0.6 is 0 Å². The third-order valence-electron chi connectivity index (χ3n) is 3.16. The smallest absolute Gasteiger partial charge is 0.302 e. The lowest BCUT2D eigenvalue weighted by atomic mass is 10.6. The summed E-state index contributed by atoms with van der Waals surface area (Å²) in [6.07, 6.45) is 0. The van der Waals surface area contributed by atoms with E-state index in [0.717, 1.165) is 0 Å². The van der Waals surface area contributed by atoms with Gasteiger partial charge in [-0.2, -0.15) is 0 Å². The van der Waals surface area contributed by atoms with Gasteiger partial charge in [-0.1, -0.05) is 0 Å². The van der Waals surface area contributed by atoms with E-state index in [9.17, 15) is 4.79 Å². The standard InChI is InChI=1S/C19H40O9Si/c1-19(20)27-17-15-25-13-11-23-9-7-21-5-6-22-8-10-24-12-14-26-16-18-28-29(2,3)4/h5-18H2,1-4H3. The number of carbonyl (C=O) groups is 1. The maximum Gasteiger partial charge on any atom is 0.302 e. The van der Waals surface area contributed by atoms with Crippen LogP contribution in [0.15, 0.2) is 0 Å². The first-order valence-corrected chi connectivity index (χ1v) is 13.6. The van der Waals surface area contributed by atoms with Crippen LogP contribution < -0.4 is 0 Å². The van der Waals surface area contributed by atoms with Crippen molar-refractivity contribution in [3.63, 3.8) is 0 Å². The summed E-state index contributed by atoms with van der Waals surface area (Å²) in [6, 6.07) is 0. The van der Waals surface area contributed by atoms with Gasteiger partial charge < -0.3 is 37.6 Å². The molecule has 0 atom stereocenters. The van der Waals surface area contributed by atoms with E-state index in [2.05, 4.69) is 19.6 Å². The molecule has 9 nitrogen and oxygen atoms in total. The molecule has 0 bridgehead atoms. The first-order chi connectivity index (χ1) is 13.9. The maximum atomic E-state index is 10.5. The largest absolute Gasteiger partial charge is 0.463 e. The predicted molar refractivity (Wildman–Crippen MR) is 111 cm³/mol. The summed E-state index contributed by atoms with van der Waals surface area (Å²) in [5.41, 5.74) is 0. The van der Waals surface area contributed by atoms with Crippen LogP contribution in [0.1, 0.15) is 6.92 Å². The summed E-state index contributed by atoms with van der Waals surface area (Å²) in [5.74, 6) is -0.303. The predicted octanol–water partition coefficient (Wildman–Crippen LogP) is 1.50. The minimum Gasteiger partial charge on any atom is -0.463 e. The summed E-state index contributed by atoms with van der Waals surface area (Å²) >= 11 is 0. The van der Waals surface area contributed by atoms with E-state index in [-0.39, 0.29) is 12.6 Å². The molecule has 0 unspecified atom stereocenters. The van der Waals surface area contributed by atoms with E-state index in [1.165, 1.54) is 6.92 Å². The first-order valence-electron chi connectivity index (χ1n) is 10.2. The third kappa shape index (κ3) is 27.4. The van der Waals surface area contributed by atoms with Gasteiger partial charge in [0.05, 0.1) is 85.9 Å². The molecule has 0 N–H and O–H groups in total. The molecule has 0 spiro atoms. The topological polar surface area (TPSA) is 90.9 Å². The molecule has 0 heterocycles. The second-order valence-electron chi connectivity index (χ2n) is 6.98. The van der Waals surface area contributed by atoms with Gasteiger partial charge in [-0.15, -0.1) is 0 Å². The van der Waals surface area contributed by atoms with Crippen LogP contribution in [0.3, 0.4) is 0 Å². The van der Waals surface area contributed by atoms with Crippen molar-refractivity contribution in [1.29, 1.82) is 0 Å². The molecule has 0 aromatic heterocycles. The first kappa shape index (κ1) is 28.4. The van der Waals surface area contributed by atoms with Gasteiger partial charge in [0.1, 0.15) is 6.61 Å². The average molecular weight is 441 g/mol. The number of carbonyl (C=O) groups excluding carboxylic acids is 1. The molecule has 0 fully saturated rings. The van der Waals surface area contributed by atoms with Crippen LogP contribution in [0.2, 0.25) is 19.6 Å². The van der Waals surface area contributed by atoms with Crippen LogP contribution in [0.5, 0.6) is 0 Å². The fraction of sp³-hybridized carbons (Fsp3) is 0.947. The van der Waals surface area contributed by atoms with E-state index in [4.69, 9.17) is 37.6 Å². The quantitative estimate of drug-likeness (QED) is 0.141. The number of esters is 1. The fourth-order valence-electron chi connectivity index (χ4n) is 1.85. The molecule has 174 valence electrons. The molecule has 0 aromatic carbocycles. The summed E-state index contributed by atoms with van der Waals surface area (Å²) < 4.78 is 42.7. The Bertz CT molecular complexity index is 364. The summed E-state index contributed by atoms with van der Waals surface area (Å²) in [5, 5.41) is 0. The van der Waals surface area contributed by atoms with Crippen LogP contribution in [-0.2, 0) is 42.4 Å². The van der Waals surface area contributed by atoms with Gasteiger partial charge in [-0.05, 0) is 19.6 Å². The van der Waals surface area contributed by atoms with Gasteiger partial charge in [-0.25, -0.2) is 0 Å². The Kier molecular flexibility index (Phi) is 20.2. The third-order valence-corrected chi connectivity index (χ3v) is 4.23. The van der Waals surface area contributed by atoms with E-state index < -0.39 is 8.32 Å². The number of rotatable bonds is 22. The van der Waals surface area contributed by atoms with Crippen LogP contribution in [0.25, 0.3) is 0 Å². The molecule has 0 saturated heterocycles. The van der Waals surface area contributed by atoms with Gasteiger partial charge in [-0.3, -0.25) is 4.79 Å². The van der Waals surface area contributed by atoms with Gasteiger partial charge in [0, 0.05) is 6.92 Å². The Balaban J connectivity index is 3.04. The molecule has 0 aliphatic heterocycles. The lowest BCUT2D eigenvalue weighted by Gasteiger charge is -2.16. The van der Waals surface area contributed by atoms with Crippen LogP contribution in [0, 0.1) is 0 Å². The molecule has 0 aliphatic rings. The summed E-state index contributed by atoms with van der Waals surface area (Å²) in [6.45, 7) is 14.9. The molecule has 0 aliphatic carbocycles. The Morgan fingerprint density at radius 1 is 0.517 bits per heavy atom.